The van der Waals surface area contributed by atoms with Crippen LogP contribution in [0.1, 0.15) is 54.8 Å². The molecule has 11 heteroatoms. The molecular weight excluding hydrogens is 361 g/mol. The molecule has 0 bridgehead atoms. The molecule has 3 rings (SSSR count). The van der Waals surface area contributed by atoms with Gasteiger partial charge in [0.1, 0.15) is 6.10 Å². The van der Waals surface area contributed by atoms with E-state index < -0.39 is 42.5 Å². The highest BCUT2D eigenvalue weighted by Crippen LogP contribution is 2.48. The van der Waals surface area contributed by atoms with E-state index in [-0.39, 0.29) is 18.2 Å². The number of alkyl halides is 7. The maximum atomic E-state index is 13.5. The van der Waals surface area contributed by atoms with E-state index in [2.05, 4.69) is 9.84 Å². The van der Waals surface area contributed by atoms with Crippen LogP contribution in [0.2, 0.25) is 0 Å². The molecule has 2 aliphatic carbocycles. The molecule has 25 heavy (non-hydrogen) atoms. The van der Waals surface area contributed by atoms with Gasteiger partial charge in [-0.25, -0.2) is 8.78 Å². The van der Waals surface area contributed by atoms with Crippen LogP contribution < -0.4 is 0 Å². The summed E-state index contributed by atoms with van der Waals surface area (Å²) in [7, 11) is 0.949. The minimum absolute atomic E-state index is 0.112. The van der Waals surface area contributed by atoms with Gasteiger partial charge in [-0.05, 0) is 25.7 Å². The van der Waals surface area contributed by atoms with Crippen LogP contribution in [0.3, 0.4) is 0 Å². The Kier molecular flexibility index (Phi) is 5.67. The van der Waals surface area contributed by atoms with Gasteiger partial charge in [0, 0.05) is 24.8 Å². The Bertz CT molecular complexity index is 597. The van der Waals surface area contributed by atoms with Crippen LogP contribution >= 0.6 is 0 Å². The monoisotopic (exact) mass is 378 g/mol. The van der Waals surface area contributed by atoms with Crippen molar-refractivity contribution in [2.24, 2.45) is 0 Å². The van der Waals surface area contributed by atoms with Crippen molar-refractivity contribution in [3.63, 3.8) is 0 Å². The minimum Gasteiger partial charge on any atom is -0.382 e. The molecule has 1 fully saturated rings. The topological polar surface area (TPSA) is 47.3 Å². The fraction of sp³-hybridized carbons (Fsp3) is 0.786. The first-order valence-corrected chi connectivity index (χ1v) is 7.54. The predicted octanol–water partition coefficient (Wildman–Crippen LogP) is 4.10. The third-order valence-electron chi connectivity index (χ3n) is 4.29. The van der Waals surface area contributed by atoms with E-state index in [1.165, 1.54) is 4.68 Å². The van der Waals surface area contributed by atoms with Gasteiger partial charge in [0.25, 0.3) is 5.92 Å². The van der Waals surface area contributed by atoms with E-state index in [1.54, 1.807) is 0 Å². The molecular formula is C14H17F7N2O2. The minimum atomic E-state index is -4.84. The Morgan fingerprint density at radius 3 is 2.24 bits per heavy atom. The lowest BCUT2D eigenvalue weighted by Crippen LogP contribution is -2.34. The third kappa shape index (κ3) is 4.08. The van der Waals surface area contributed by atoms with E-state index in [1.807, 2.05) is 0 Å². The number of fused-ring (bicyclic) bond motifs is 1. The second-order valence-electron chi connectivity index (χ2n) is 5.90. The molecule has 0 radical (unpaired) electrons. The normalized spacial score (nSPS) is 22.9. The molecule has 0 saturated heterocycles. The number of halogens is 7. The number of aliphatic hydroxyl groups is 1. The van der Waals surface area contributed by atoms with Crippen molar-refractivity contribution in [2.75, 3.05) is 7.11 Å². The third-order valence-corrected chi connectivity index (χ3v) is 4.29. The van der Waals surface area contributed by atoms with Gasteiger partial charge in [-0.3, -0.25) is 4.68 Å². The van der Waals surface area contributed by atoms with E-state index in [0.717, 1.165) is 13.5 Å². The van der Waals surface area contributed by atoms with E-state index in [0.29, 0.717) is 12.8 Å². The highest BCUT2D eigenvalue weighted by Gasteiger charge is 2.51. The summed E-state index contributed by atoms with van der Waals surface area (Å²) in [5, 5.41) is 13.1. The summed E-state index contributed by atoms with van der Waals surface area (Å²) in [6.07, 6.45) is -5.85. The van der Waals surface area contributed by atoms with Gasteiger partial charge in [0.05, 0.1) is 6.04 Å². The molecule has 1 unspecified atom stereocenters. The summed E-state index contributed by atoms with van der Waals surface area (Å²) < 4.78 is 91.6. The largest absolute Gasteiger partial charge is 0.435 e. The highest BCUT2D eigenvalue weighted by atomic mass is 19.4. The summed E-state index contributed by atoms with van der Waals surface area (Å²) >= 11 is 0. The second kappa shape index (κ2) is 7.10. The van der Waals surface area contributed by atoms with E-state index in [4.69, 9.17) is 0 Å². The molecule has 1 aromatic heterocycles. The predicted molar refractivity (Wildman–Crippen MR) is 71.4 cm³/mol. The first-order valence-electron chi connectivity index (χ1n) is 7.54. The van der Waals surface area contributed by atoms with Crippen LogP contribution in [0.25, 0.3) is 0 Å². The molecule has 2 aliphatic rings. The molecule has 0 spiro atoms. The maximum Gasteiger partial charge on any atom is 0.435 e. The Morgan fingerprint density at radius 2 is 1.84 bits per heavy atom. The molecule has 1 atom stereocenters. The van der Waals surface area contributed by atoms with Gasteiger partial charge in [-0.1, -0.05) is 0 Å². The molecule has 4 nitrogen and oxygen atoms in total. The van der Waals surface area contributed by atoms with Crippen LogP contribution in [0.4, 0.5) is 30.7 Å². The summed E-state index contributed by atoms with van der Waals surface area (Å²) in [4.78, 5) is 0. The van der Waals surface area contributed by atoms with Crippen LogP contribution in [-0.4, -0.2) is 34.5 Å². The summed E-state index contributed by atoms with van der Waals surface area (Å²) in [6.45, 7) is -2.62. The van der Waals surface area contributed by atoms with Crippen LogP contribution in [0, 0.1) is 0 Å². The van der Waals surface area contributed by atoms with Crippen molar-refractivity contribution >= 4 is 0 Å². The van der Waals surface area contributed by atoms with Crippen molar-refractivity contribution in [1.29, 1.82) is 0 Å². The van der Waals surface area contributed by atoms with E-state index in [9.17, 15) is 35.8 Å². The molecule has 0 aliphatic heterocycles. The zero-order valence-electron chi connectivity index (χ0n) is 13.2. The Labute approximate surface area is 138 Å². The molecule has 1 saturated carbocycles. The van der Waals surface area contributed by atoms with Crippen molar-refractivity contribution < 1.29 is 40.6 Å². The van der Waals surface area contributed by atoms with Crippen molar-refractivity contribution in [2.45, 2.75) is 63.0 Å². The zero-order valence-corrected chi connectivity index (χ0v) is 13.2. The first kappa shape index (κ1) is 20.0. The number of rotatable bonds is 2. The van der Waals surface area contributed by atoms with Gasteiger partial charge in [0.15, 0.2) is 5.69 Å². The van der Waals surface area contributed by atoms with Crippen molar-refractivity contribution in [1.82, 2.24) is 9.78 Å². The quantitative estimate of drug-likeness (QED) is 0.789. The van der Waals surface area contributed by atoms with Gasteiger partial charge < -0.3 is 9.84 Å². The molecule has 0 aromatic carbocycles. The maximum absolute atomic E-state index is 13.5. The first-order chi connectivity index (χ1) is 11.5. The number of aliphatic hydroxyl groups excluding tert-OH is 1. The second-order valence-corrected chi connectivity index (χ2v) is 5.90. The van der Waals surface area contributed by atoms with Crippen LogP contribution in [0.15, 0.2) is 0 Å². The number of ether oxygens (including phenoxy) is 1. The highest BCUT2D eigenvalue weighted by molar-refractivity contribution is 5.35. The number of nitrogens with zero attached hydrogens (tertiary/aromatic N) is 2. The summed E-state index contributed by atoms with van der Waals surface area (Å²) in [6, 6.07) is -0.168. The smallest absolute Gasteiger partial charge is 0.382 e. The fourth-order valence-corrected chi connectivity index (χ4v) is 2.79. The van der Waals surface area contributed by atoms with E-state index >= 15 is 0 Å². The van der Waals surface area contributed by atoms with Gasteiger partial charge in [0.2, 0.25) is 0 Å². The molecule has 1 heterocycles. The van der Waals surface area contributed by atoms with Crippen LogP contribution in [-0.2, 0) is 17.3 Å². The Balaban J connectivity index is 0.000000399. The molecule has 144 valence electrons. The molecule has 1 N–H and O–H groups in total. The SMILES string of the molecule is COC(F)F.OC1c2c(C(F)(F)F)nn(C3CCC3)c2CCC1(F)F. The molecule has 0 amide bonds. The van der Waals surface area contributed by atoms with Crippen molar-refractivity contribution in [3.05, 3.63) is 17.0 Å². The molecule has 1 aromatic rings. The lowest BCUT2D eigenvalue weighted by molar-refractivity contribution is -0.150. The Hall–Kier alpha value is -1.36. The zero-order chi connectivity index (χ0) is 19.0. The lowest BCUT2D eigenvalue weighted by Gasteiger charge is -2.32. The summed E-state index contributed by atoms with van der Waals surface area (Å²) in [5.74, 6) is -3.54. The standard InChI is InChI=1S/C12H13F5N2O.C2H4F2O/c13-11(14)5-4-7-8(10(11)20)9(12(15,16)17)18-19(7)6-2-1-3-6;1-5-2(3)4/h6,10,20H,1-5H2;2H,1H3. The summed E-state index contributed by atoms with van der Waals surface area (Å²) in [5.41, 5.74) is -1.99. The van der Waals surface area contributed by atoms with Gasteiger partial charge in [-0.15, -0.1) is 0 Å². The van der Waals surface area contributed by atoms with Gasteiger partial charge in [-0.2, -0.15) is 27.1 Å². The average Bonchev–Trinajstić information content (AvgIpc) is 2.82. The lowest BCUT2D eigenvalue weighted by atomic mass is 9.88. The number of hydrogen-bond acceptors (Lipinski definition) is 3. The number of aromatic nitrogens is 2. The van der Waals surface area contributed by atoms with Crippen LogP contribution in [0.5, 0.6) is 0 Å². The Morgan fingerprint density at radius 1 is 1.28 bits per heavy atom. The average molecular weight is 378 g/mol. The number of methoxy groups -OCH3 is 1. The van der Waals surface area contributed by atoms with Gasteiger partial charge >= 0.3 is 12.8 Å². The van der Waals surface area contributed by atoms with Crippen molar-refractivity contribution in [3.8, 4) is 0 Å². The fourth-order valence-electron chi connectivity index (χ4n) is 2.79. The number of hydrogen-bond donors (Lipinski definition) is 1.